The van der Waals surface area contributed by atoms with Gasteiger partial charge < -0.3 is 5.11 Å². The standard InChI is InChI=1S/C24H48O2.Pb.2H/c1-2-3-4-5-6-7-8-9-10-11-12-13-14-15-16-17-18-19-20-21-22-23-24(25)26;;;/h2-23H2,1H3,(H,25,26);;;. The monoisotopic (exact) mass is 578 g/mol. The third-order valence-corrected chi connectivity index (χ3v) is 5.49. The molecule has 0 fully saturated rings. The van der Waals surface area contributed by atoms with E-state index in [-0.39, 0.29) is 27.3 Å². The Morgan fingerprint density at radius 1 is 0.481 bits per heavy atom. The first kappa shape index (κ1) is 29.6. The van der Waals surface area contributed by atoms with Gasteiger partial charge >= 0.3 is 33.3 Å². The quantitative estimate of drug-likeness (QED) is 0.105. The van der Waals surface area contributed by atoms with E-state index < -0.39 is 5.97 Å². The third-order valence-electron chi connectivity index (χ3n) is 5.49. The van der Waals surface area contributed by atoms with Crippen molar-refractivity contribution in [1.29, 1.82) is 0 Å². The van der Waals surface area contributed by atoms with Gasteiger partial charge in [-0.3, -0.25) is 4.79 Å². The van der Waals surface area contributed by atoms with Crippen molar-refractivity contribution in [2.45, 2.75) is 148 Å². The van der Waals surface area contributed by atoms with Crippen molar-refractivity contribution >= 4 is 33.3 Å². The van der Waals surface area contributed by atoms with Crippen LogP contribution in [-0.4, -0.2) is 38.4 Å². The van der Waals surface area contributed by atoms with Crippen LogP contribution in [0.1, 0.15) is 148 Å². The molecule has 0 aromatic carbocycles. The Bertz CT molecular complexity index is 282. The summed E-state index contributed by atoms with van der Waals surface area (Å²) in [6.45, 7) is 2.29. The van der Waals surface area contributed by atoms with Gasteiger partial charge in [0, 0.05) is 6.42 Å². The summed E-state index contributed by atoms with van der Waals surface area (Å²) in [4.78, 5) is 10.4. The van der Waals surface area contributed by atoms with Crippen molar-refractivity contribution in [3.63, 3.8) is 0 Å². The first-order valence-corrected chi connectivity index (χ1v) is 12.0. The number of unbranched alkanes of at least 4 members (excludes halogenated alkanes) is 20. The molecule has 0 spiro atoms. The molecule has 0 heterocycles. The molecule has 0 rings (SSSR count). The van der Waals surface area contributed by atoms with Crippen LogP contribution in [0.25, 0.3) is 0 Å². The summed E-state index contributed by atoms with van der Waals surface area (Å²) in [5.41, 5.74) is 0. The Morgan fingerprint density at radius 3 is 0.926 bits per heavy atom. The van der Waals surface area contributed by atoms with Crippen LogP contribution in [0, 0.1) is 0 Å². The summed E-state index contributed by atoms with van der Waals surface area (Å²) < 4.78 is 0. The maximum absolute atomic E-state index is 10.4. The van der Waals surface area contributed by atoms with Crippen LogP contribution in [0.15, 0.2) is 0 Å². The second-order valence-electron chi connectivity index (χ2n) is 8.21. The van der Waals surface area contributed by atoms with Gasteiger partial charge in [-0.05, 0) is 6.42 Å². The summed E-state index contributed by atoms with van der Waals surface area (Å²) in [5.74, 6) is -0.650. The van der Waals surface area contributed by atoms with Crippen LogP contribution in [-0.2, 0) is 4.79 Å². The van der Waals surface area contributed by atoms with E-state index in [2.05, 4.69) is 6.92 Å². The van der Waals surface area contributed by atoms with E-state index in [0.29, 0.717) is 6.42 Å². The van der Waals surface area contributed by atoms with Crippen LogP contribution in [0.2, 0.25) is 0 Å². The fraction of sp³-hybridized carbons (Fsp3) is 0.958. The van der Waals surface area contributed by atoms with Crippen molar-refractivity contribution in [2.24, 2.45) is 0 Å². The summed E-state index contributed by atoms with van der Waals surface area (Å²) >= 11 is 0. The van der Waals surface area contributed by atoms with Crippen LogP contribution >= 0.6 is 0 Å². The van der Waals surface area contributed by atoms with Crippen molar-refractivity contribution < 1.29 is 9.90 Å². The molecule has 0 saturated carbocycles. The first-order chi connectivity index (χ1) is 12.8. The number of carboxylic acids is 1. The molecule has 1 N–H and O–H groups in total. The minimum absolute atomic E-state index is 0. The van der Waals surface area contributed by atoms with E-state index in [9.17, 15) is 4.79 Å². The fourth-order valence-corrected chi connectivity index (χ4v) is 3.71. The molecule has 0 aromatic heterocycles. The molecule has 2 radical (unpaired) electrons. The minimum atomic E-state index is -0.650. The zero-order valence-corrected chi connectivity index (χ0v) is 24.1. The summed E-state index contributed by atoms with van der Waals surface area (Å²) in [7, 11) is 0. The van der Waals surface area contributed by atoms with Gasteiger partial charge in [0.1, 0.15) is 0 Å². The average Bonchev–Trinajstić information content (AvgIpc) is 2.62. The van der Waals surface area contributed by atoms with E-state index in [4.69, 9.17) is 5.11 Å². The molecule has 0 saturated heterocycles. The summed E-state index contributed by atoms with van der Waals surface area (Å²) in [5, 5.41) is 8.57. The van der Waals surface area contributed by atoms with Crippen LogP contribution in [0.5, 0.6) is 0 Å². The normalized spacial score (nSPS) is 10.7. The van der Waals surface area contributed by atoms with Crippen molar-refractivity contribution in [1.82, 2.24) is 0 Å². The molecule has 0 aromatic rings. The Kier molecular flexibility index (Phi) is 28.9. The van der Waals surface area contributed by atoms with E-state index >= 15 is 0 Å². The number of carbonyl (C=O) groups is 1. The van der Waals surface area contributed by atoms with E-state index in [1.807, 2.05) is 0 Å². The van der Waals surface area contributed by atoms with E-state index in [0.717, 1.165) is 12.8 Å². The molecule has 3 heteroatoms. The van der Waals surface area contributed by atoms with Gasteiger partial charge in [0.25, 0.3) is 0 Å². The molecule has 0 aliphatic carbocycles. The SMILES string of the molecule is CCCCCCCCCCCCCCCCCCCCCCCC(=O)O.[PbH2]. The van der Waals surface area contributed by atoms with Gasteiger partial charge in [-0.15, -0.1) is 0 Å². The van der Waals surface area contributed by atoms with Crippen LogP contribution in [0.4, 0.5) is 0 Å². The number of hydrogen-bond donors (Lipinski definition) is 1. The fourth-order valence-electron chi connectivity index (χ4n) is 3.71. The van der Waals surface area contributed by atoms with Crippen molar-refractivity contribution in [3.05, 3.63) is 0 Å². The van der Waals surface area contributed by atoms with Gasteiger partial charge in [-0.1, -0.05) is 135 Å². The number of hydrogen-bond acceptors (Lipinski definition) is 1. The average molecular weight is 578 g/mol. The number of aliphatic carboxylic acids is 1. The molecule has 0 atom stereocenters. The molecule has 0 unspecified atom stereocenters. The molecular formula is C24H50O2Pb. The second kappa shape index (κ2) is 26.4. The molecule has 0 bridgehead atoms. The molecule has 27 heavy (non-hydrogen) atoms. The Labute approximate surface area is 190 Å². The van der Waals surface area contributed by atoms with Crippen molar-refractivity contribution in [2.75, 3.05) is 0 Å². The summed E-state index contributed by atoms with van der Waals surface area (Å²) in [6.07, 6.45) is 29.1. The van der Waals surface area contributed by atoms with Crippen molar-refractivity contribution in [3.8, 4) is 0 Å². The molecule has 162 valence electrons. The molecule has 0 amide bonds. The van der Waals surface area contributed by atoms with Gasteiger partial charge in [-0.25, -0.2) is 0 Å². The predicted octanol–water partition coefficient (Wildman–Crippen LogP) is 7.76. The zero-order chi connectivity index (χ0) is 19.1. The van der Waals surface area contributed by atoms with Gasteiger partial charge in [0.15, 0.2) is 0 Å². The Morgan fingerprint density at radius 2 is 0.704 bits per heavy atom. The van der Waals surface area contributed by atoms with Gasteiger partial charge in [0.2, 0.25) is 0 Å². The Balaban J connectivity index is 0. The first-order valence-electron chi connectivity index (χ1n) is 12.0. The number of rotatable bonds is 22. The molecule has 0 aliphatic heterocycles. The number of carboxylic acid groups (broad SMARTS) is 1. The van der Waals surface area contributed by atoms with Crippen LogP contribution < -0.4 is 0 Å². The van der Waals surface area contributed by atoms with E-state index in [1.54, 1.807) is 0 Å². The molecule has 2 nitrogen and oxygen atoms in total. The predicted molar refractivity (Wildman–Crippen MR) is 123 cm³/mol. The maximum atomic E-state index is 10.4. The van der Waals surface area contributed by atoms with E-state index in [1.165, 1.54) is 122 Å². The second-order valence-corrected chi connectivity index (χ2v) is 8.21. The third kappa shape index (κ3) is 28.7. The van der Waals surface area contributed by atoms with Crippen LogP contribution in [0.3, 0.4) is 0 Å². The molecular weight excluding hydrogens is 527 g/mol. The Hall–Kier alpha value is 0.392. The zero-order valence-electron chi connectivity index (χ0n) is 18.6. The van der Waals surface area contributed by atoms with Gasteiger partial charge in [0.05, 0.1) is 0 Å². The summed E-state index contributed by atoms with van der Waals surface area (Å²) in [6, 6.07) is 0. The molecule has 0 aliphatic rings. The topological polar surface area (TPSA) is 37.3 Å². The van der Waals surface area contributed by atoms with Gasteiger partial charge in [-0.2, -0.15) is 0 Å².